The summed E-state index contributed by atoms with van der Waals surface area (Å²) in [5, 5.41) is 11.6. The molecule has 152 valence electrons. The van der Waals surface area contributed by atoms with E-state index in [0.717, 1.165) is 16.0 Å². The number of hydrogen-bond acceptors (Lipinski definition) is 7. The number of hydrogen-bond donors (Lipinski definition) is 0. The monoisotopic (exact) mass is 414 g/mol. The highest BCUT2D eigenvalue weighted by Gasteiger charge is 2.23. The molecule has 0 aliphatic carbocycles. The Kier molecular flexibility index (Phi) is 6.40. The Hall–Kier alpha value is -3.04. The van der Waals surface area contributed by atoms with Crippen molar-refractivity contribution >= 4 is 38.3 Å². The zero-order chi connectivity index (χ0) is 21.0. The second-order valence-corrected chi connectivity index (χ2v) is 7.64. The molecular weight excluding hydrogens is 392 g/mol. The second kappa shape index (κ2) is 8.97. The number of nitrogens with zero attached hydrogens (tertiary/aromatic N) is 4. The fourth-order valence-corrected chi connectivity index (χ4v) is 3.78. The maximum atomic E-state index is 13.2. The summed E-state index contributed by atoms with van der Waals surface area (Å²) < 4.78 is 6.45. The van der Waals surface area contributed by atoms with Crippen LogP contribution in [0, 0.1) is 10.1 Å². The quantitative estimate of drug-likeness (QED) is 0.411. The first-order valence-corrected chi connectivity index (χ1v) is 9.95. The number of likely N-dealkylation sites (N-methyl/N-ethyl adjacent to an activating group) is 1. The van der Waals surface area contributed by atoms with Crippen molar-refractivity contribution in [2.75, 3.05) is 38.7 Å². The van der Waals surface area contributed by atoms with Crippen molar-refractivity contribution in [2.45, 2.75) is 6.92 Å². The molecule has 0 bridgehead atoms. The van der Waals surface area contributed by atoms with Gasteiger partial charge in [-0.15, -0.1) is 0 Å². The largest absolute Gasteiger partial charge is 0.494 e. The van der Waals surface area contributed by atoms with Crippen molar-refractivity contribution in [3.05, 3.63) is 58.1 Å². The van der Waals surface area contributed by atoms with E-state index in [0.29, 0.717) is 24.8 Å². The fraction of sp³-hybridized carbons (Fsp3) is 0.300. The van der Waals surface area contributed by atoms with Gasteiger partial charge >= 0.3 is 0 Å². The Morgan fingerprint density at radius 1 is 1.21 bits per heavy atom. The van der Waals surface area contributed by atoms with E-state index in [2.05, 4.69) is 4.98 Å². The van der Waals surface area contributed by atoms with Crippen molar-refractivity contribution in [1.29, 1.82) is 0 Å². The molecule has 0 radical (unpaired) electrons. The maximum Gasteiger partial charge on any atom is 0.270 e. The van der Waals surface area contributed by atoms with Crippen LogP contribution >= 0.6 is 11.3 Å². The van der Waals surface area contributed by atoms with Gasteiger partial charge in [0.2, 0.25) is 0 Å². The molecule has 0 saturated heterocycles. The minimum atomic E-state index is -0.506. The van der Waals surface area contributed by atoms with E-state index in [-0.39, 0.29) is 17.2 Å². The van der Waals surface area contributed by atoms with E-state index < -0.39 is 4.92 Å². The summed E-state index contributed by atoms with van der Waals surface area (Å²) in [7, 11) is 3.84. The van der Waals surface area contributed by atoms with Crippen LogP contribution in [0.15, 0.2) is 42.5 Å². The van der Waals surface area contributed by atoms with Gasteiger partial charge in [0.25, 0.3) is 11.6 Å². The molecule has 0 aliphatic heterocycles. The molecule has 1 heterocycles. The molecule has 9 heteroatoms. The zero-order valence-electron chi connectivity index (χ0n) is 16.5. The molecule has 0 unspecified atom stereocenters. The van der Waals surface area contributed by atoms with Crippen LogP contribution in [0.2, 0.25) is 0 Å². The summed E-state index contributed by atoms with van der Waals surface area (Å²) in [6.45, 7) is 3.52. The molecule has 0 saturated carbocycles. The second-order valence-electron chi connectivity index (χ2n) is 6.63. The van der Waals surface area contributed by atoms with E-state index in [4.69, 9.17) is 4.74 Å². The number of ether oxygens (including phenoxy) is 1. The number of carbonyl (C=O) groups is 1. The number of anilines is 1. The highest BCUT2D eigenvalue weighted by molar-refractivity contribution is 7.22. The number of amides is 1. The van der Waals surface area contributed by atoms with Crippen molar-refractivity contribution in [3.8, 4) is 5.75 Å². The van der Waals surface area contributed by atoms with Gasteiger partial charge in [-0.3, -0.25) is 19.8 Å². The summed E-state index contributed by atoms with van der Waals surface area (Å²) in [5.74, 6) is 0.430. The number of benzene rings is 2. The van der Waals surface area contributed by atoms with Gasteiger partial charge in [-0.25, -0.2) is 4.98 Å². The number of rotatable bonds is 8. The van der Waals surface area contributed by atoms with Gasteiger partial charge in [0, 0.05) is 30.8 Å². The summed E-state index contributed by atoms with van der Waals surface area (Å²) in [4.78, 5) is 31.9. The lowest BCUT2D eigenvalue weighted by atomic mass is 10.2. The molecule has 1 amide bonds. The standard InChI is InChI=1S/C20H22N4O4S/c1-4-28-16-8-9-17-18(13-16)29-20(21-17)23(11-10-22(2)3)19(25)14-6-5-7-15(12-14)24(26)27/h5-9,12-13H,4,10-11H2,1-3H3. The lowest BCUT2D eigenvalue weighted by Crippen LogP contribution is -2.36. The highest BCUT2D eigenvalue weighted by Crippen LogP contribution is 2.32. The number of carbonyl (C=O) groups excluding carboxylic acids is 1. The summed E-state index contributed by atoms with van der Waals surface area (Å²) in [6, 6.07) is 11.4. The molecule has 8 nitrogen and oxygen atoms in total. The SMILES string of the molecule is CCOc1ccc2nc(N(CCN(C)C)C(=O)c3cccc([N+](=O)[O-])c3)sc2c1. The third-order valence-corrected chi connectivity index (χ3v) is 5.25. The van der Waals surface area contributed by atoms with Crippen molar-refractivity contribution in [3.63, 3.8) is 0 Å². The normalized spacial score (nSPS) is 11.0. The average molecular weight is 414 g/mol. The van der Waals surface area contributed by atoms with Gasteiger partial charge in [0.15, 0.2) is 5.13 Å². The predicted molar refractivity (Wildman–Crippen MR) is 114 cm³/mol. The number of nitro benzene ring substituents is 1. The van der Waals surface area contributed by atoms with Gasteiger partial charge < -0.3 is 9.64 Å². The van der Waals surface area contributed by atoms with Gasteiger partial charge in [0.1, 0.15) is 5.75 Å². The molecule has 0 N–H and O–H groups in total. The van der Waals surface area contributed by atoms with E-state index >= 15 is 0 Å². The Balaban J connectivity index is 1.98. The van der Waals surface area contributed by atoms with Crippen LogP contribution in [-0.2, 0) is 0 Å². The first-order chi connectivity index (χ1) is 13.9. The molecule has 1 aromatic heterocycles. The molecule has 0 fully saturated rings. The van der Waals surface area contributed by atoms with Crippen LogP contribution in [0.25, 0.3) is 10.2 Å². The highest BCUT2D eigenvalue weighted by atomic mass is 32.1. The third-order valence-electron chi connectivity index (χ3n) is 4.21. The van der Waals surface area contributed by atoms with Crippen LogP contribution < -0.4 is 9.64 Å². The average Bonchev–Trinajstić information content (AvgIpc) is 3.11. The number of fused-ring (bicyclic) bond motifs is 1. The van der Waals surface area contributed by atoms with E-state index in [1.807, 2.05) is 44.1 Å². The number of non-ortho nitro benzene ring substituents is 1. The first-order valence-electron chi connectivity index (χ1n) is 9.13. The minimum absolute atomic E-state index is 0.117. The number of thiazole rings is 1. The van der Waals surface area contributed by atoms with E-state index in [9.17, 15) is 14.9 Å². The third kappa shape index (κ3) is 4.87. The summed E-state index contributed by atoms with van der Waals surface area (Å²) in [6.07, 6.45) is 0. The molecular formula is C20H22N4O4S. The van der Waals surface area contributed by atoms with Crippen LogP contribution in [0.3, 0.4) is 0 Å². The molecule has 0 aliphatic rings. The fourth-order valence-electron chi connectivity index (χ4n) is 2.76. The predicted octanol–water partition coefficient (Wildman–Crippen LogP) is 3.81. The summed E-state index contributed by atoms with van der Waals surface area (Å²) >= 11 is 1.39. The molecule has 29 heavy (non-hydrogen) atoms. The van der Waals surface area contributed by atoms with E-state index in [1.54, 1.807) is 11.0 Å². The first kappa shape index (κ1) is 20.7. The van der Waals surface area contributed by atoms with Gasteiger partial charge in [-0.05, 0) is 45.3 Å². The molecule has 0 atom stereocenters. The Morgan fingerprint density at radius 3 is 2.69 bits per heavy atom. The topological polar surface area (TPSA) is 88.8 Å². The van der Waals surface area contributed by atoms with Crippen LogP contribution in [0.5, 0.6) is 5.75 Å². The lowest BCUT2D eigenvalue weighted by molar-refractivity contribution is -0.384. The van der Waals surface area contributed by atoms with E-state index in [1.165, 1.54) is 29.5 Å². The van der Waals surface area contributed by atoms with Crippen LogP contribution in [0.1, 0.15) is 17.3 Å². The van der Waals surface area contributed by atoms with Gasteiger partial charge in [0.05, 0.1) is 21.7 Å². The zero-order valence-corrected chi connectivity index (χ0v) is 17.3. The molecule has 2 aromatic carbocycles. The van der Waals surface area contributed by atoms with Crippen LogP contribution in [-0.4, -0.2) is 54.5 Å². The minimum Gasteiger partial charge on any atom is -0.494 e. The van der Waals surface area contributed by atoms with Crippen molar-refractivity contribution < 1.29 is 14.5 Å². The van der Waals surface area contributed by atoms with Crippen LogP contribution in [0.4, 0.5) is 10.8 Å². The Labute approximate surface area is 172 Å². The smallest absolute Gasteiger partial charge is 0.270 e. The van der Waals surface area contributed by atoms with Crippen molar-refractivity contribution in [2.24, 2.45) is 0 Å². The number of aromatic nitrogens is 1. The Morgan fingerprint density at radius 2 is 2.00 bits per heavy atom. The lowest BCUT2D eigenvalue weighted by Gasteiger charge is -2.22. The van der Waals surface area contributed by atoms with Gasteiger partial charge in [-0.2, -0.15) is 0 Å². The molecule has 3 rings (SSSR count). The number of nitro groups is 1. The Bertz CT molecular complexity index is 1030. The van der Waals surface area contributed by atoms with Gasteiger partial charge in [-0.1, -0.05) is 17.4 Å². The molecule has 0 spiro atoms. The molecule has 3 aromatic rings. The maximum absolute atomic E-state index is 13.2. The van der Waals surface area contributed by atoms with Crippen molar-refractivity contribution in [1.82, 2.24) is 9.88 Å². The summed E-state index contributed by atoms with van der Waals surface area (Å²) in [5.41, 5.74) is 0.913.